The standard InChI is InChI=1S/C15H21BrS/c16-12-14(13-6-4-5-7-13)10-11-17-15-8-2-1-3-9-15/h1-3,8-9,13-14H,4-7,10-12H2. The number of thioether (sulfide) groups is 1. The molecule has 0 radical (unpaired) electrons. The third kappa shape index (κ3) is 4.33. The minimum Gasteiger partial charge on any atom is -0.126 e. The summed E-state index contributed by atoms with van der Waals surface area (Å²) >= 11 is 5.71. The van der Waals surface area contributed by atoms with Crippen LogP contribution < -0.4 is 0 Å². The average Bonchev–Trinajstić information content (AvgIpc) is 2.90. The van der Waals surface area contributed by atoms with Gasteiger partial charge in [0.2, 0.25) is 0 Å². The quantitative estimate of drug-likeness (QED) is 0.502. The zero-order valence-corrected chi connectivity index (χ0v) is 12.7. The van der Waals surface area contributed by atoms with Crippen molar-refractivity contribution in [3.63, 3.8) is 0 Å². The van der Waals surface area contributed by atoms with E-state index in [1.165, 1.54) is 48.1 Å². The minimum atomic E-state index is 0.897. The Morgan fingerprint density at radius 1 is 1.18 bits per heavy atom. The molecule has 0 amide bonds. The first-order valence-corrected chi connectivity index (χ1v) is 8.74. The summed E-state index contributed by atoms with van der Waals surface area (Å²) in [6.45, 7) is 0. The van der Waals surface area contributed by atoms with Gasteiger partial charge in [-0.15, -0.1) is 11.8 Å². The fraction of sp³-hybridized carbons (Fsp3) is 0.600. The fourth-order valence-corrected chi connectivity index (χ4v) is 4.57. The Hall–Kier alpha value is 0.0500. The van der Waals surface area contributed by atoms with E-state index in [1.807, 2.05) is 11.8 Å². The van der Waals surface area contributed by atoms with Crippen LogP contribution in [0.2, 0.25) is 0 Å². The van der Waals surface area contributed by atoms with E-state index in [-0.39, 0.29) is 0 Å². The van der Waals surface area contributed by atoms with Gasteiger partial charge in [0.05, 0.1) is 0 Å². The van der Waals surface area contributed by atoms with E-state index in [0.717, 1.165) is 11.8 Å². The Labute approximate surface area is 118 Å². The van der Waals surface area contributed by atoms with Crippen molar-refractivity contribution >= 4 is 27.7 Å². The highest BCUT2D eigenvalue weighted by Crippen LogP contribution is 2.35. The first kappa shape index (κ1) is 13.5. The lowest BCUT2D eigenvalue weighted by atomic mass is 9.90. The van der Waals surface area contributed by atoms with E-state index < -0.39 is 0 Å². The molecule has 1 fully saturated rings. The number of benzene rings is 1. The van der Waals surface area contributed by atoms with Crippen molar-refractivity contribution in [1.29, 1.82) is 0 Å². The molecule has 2 rings (SSSR count). The van der Waals surface area contributed by atoms with Gasteiger partial charge in [-0.2, -0.15) is 0 Å². The van der Waals surface area contributed by atoms with Gasteiger partial charge in [0.15, 0.2) is 0 Å². The Balaban J connectivity index is 1.72. The van der Waals surface area contributed by atoms with Crippen LogP contribution in [0.5, 0.6) is 0 Å². The summed E-state index contributed by atoms with van der Waals surface area (Å²) in [6.07, 6.45) is 7.20. The number of hydrogen-bond acceptors (Lipinski definition) is 1. The van der Waals surface area contributed by atoms with Gasteiger partial charge < -0.3 is 0 Å². The van der Waals surface area contributed by atoms with Crippen molar-refractivity contribution in [2.24, 2.45) is 11.8 Å². The average molecular weight is 313 g/mol. The van der Waals surface area contributed by atoms with Crippen molar-refractivity contribution in [1.82, 2.24) is 0 Å². The first-order valence-electron chi connectivity index (χ1n) is 6.64. The summed E-state index contributed by atoms with van der Waals surface area (Å²) in [7, 11) is 0. The molecule has 0 bridgehead atoms. The summed E-state index contributed by atoms with van der Waals surface area (Å²) in [5.74, 6) is 3.15. The summed E-state index contributed by atoms with van der Waals surface area (Å²) in [6, 6.07) is 10.8. The van der Waals surface area contributed by atoms with Crippen LogP contribution in [0.3, 0.4) is 0 Å². The van der Waals surface area contributed by atoms with Crippen LogP contribution in [0.25, 0.3) is 0 Å². The van der Waals surface area contributed by atoms with Crippen LogP contribution in [0.4, 0.5) is 0 Å². The predicted molar refractivity (Wildman–Crippen MR) is 81.0 cm³/mol. The lowest BCUT2D eigenvalue weighted by molar-refractivity contribution is 0.367. The smallest absolute Gasteiger partial charge is 0.00719 e. The van der Waals surface area contributed by atoms with Gasteiger partial charge in [0.25, 0.3) is 0 Å². The summed E-state index contributed by atoms with van der Waals surface area (Å²) < 4.78 is 0. The molecular weight excluding hydrogens is 292 g/mol. The molecule has 0 aliphatic heterocycles. The van der Waals surface area contributed by atoms with Gasteiger partial charge in [-0.3, -0.25) is 0 Å². The fourth-order valence-electron chi connectivity index (χ4n) is 2.71. The lowest BCUT2D eigenvalue weighted by Gasteiger charge is -2.20. The second-order valence-corrected chi connectivity index (χ2v) is 6.72. The van der Waals surface area contributed by atoms with Crippen molar-refractivity contribution in [3.05, 3.63) is 30.3 Å². The molecular formula is C15H21BrS. The molecule has 1 atom stereocenters. The van der Waals surface area contributed by atoms with Gasteiger partial charge >= 0.3 is 0 Å². The van der Waals surface area contributed by atoms with Crippen LogP contribution in [0, 0.1) is 11.8 Å². The van der Waals surface area contributed by atoms with Crippen molar-refractivity contribution in [2.75, 3.05) is 11.1 Å². The molecule has 1 aliphatic rings. The molecule has 1 saturated carbocycles. The maximum Gasteiger partial charge on any atom is 0.00719 e. The Morgan fingerprint density at radius 2 is 1.88 bits per heavy atom. The molecule has 1 unspecified atom stereocenters. The van der Waals surface area contributed by atoms with Gasteiger partial charge in [0.1, 0.15) is 0 Å². The van der Waals surface area contributed by atoms with Gasteiger partial charge in [-0.1, -0.05) is 59.8 Å². The van der Waals surface area contributed by atoms with E-state index in [1.54, 1.807) is 0 Å². The molecule has 0 nitrogen and oxygen atoms in total. The van der Waals surface area contributed by atoms with E-state index in [4.69, 9.17) is 0 Å². The van der Waals surface area contributed by atoms with Crippen LogP contribution >= 0.6 is 27.7 Å². The Bertz CT molecular complexity index is 306. The highest BCUT2D eigenvalue weighted by atomic mass is 79.9. The molecule has 1 aliphatic carbocycles. The summed E-state index contributed by atoms with van der Waals surface area (Å²) in [4.78, 5) is 1.41. The maximum atomic E-state index is 3.70. The number of rotatable bonds is 6. The Kier molecular flexibility index (Phi) is 5.93. The molecule has 1 aromatic carbocycles. The molecule has 0 heterocycles. The highest BCUT2D eigenvalue weighted by molar-refractivity contribution is 9.09. The molecule has 0 N–H and O–H groups in total. The SMILES string of the molecule is BrCC(CCSc1ccccc1)C1CCCC1. The lowest BCUT2D eigenvalue weighted by Crippen LogP contribution is -2.14. The van der Waals surface area contributed by atoms with Gasteiger partial charge in [0, 0.05) is 10.2 Å². The monoisotopic (exact) mass is 312 g/mol. The van der Waals surface area contributed by atoms with Crippen LogP contribution in [0.1, 0.15) is 32.1 Å². The molecule has 17 heavy (non-hydrogen) atoms. The largest absolute Gasteiger partial charge is 0.126 e. The normalized spacial score (nSPS) is 18.4. The molecule has 0 saturated heterocycles. The van der Waals surface area contributed by atoms with E-state index in [9.17, 15) is 0 Å². The number of halogens is 1. The second kappa shape index (κ2) is 7.48. The molecule has 0 spiro atoms. The molecule has 1 aromatic rings. The van der Waals surface area contributed by atoms with E-state index >= 15 is 0 Å². The molecule has 94 valence electrons. The first-order chi connectivity index (χ1) is 8.40. The predicted octanol–water partition coefficient (Wildman–Crippen LogP) is 5.37. The van der Waals surface area contributed by atoms with Gasteiger partial charge in [-0.25, -0.2) is 0 Å². The van der Waals surface area contributed by atoms with Crippen molar-refractivity contribution in [3.8, 4) is 0 Å². The van der Waals surface area contributed by atoms with E-state index in [0.29, 0.717) is 0 Å². The maximum absolute atomic E-state index is 3.70. The second-order valence-electron chi connectivity index (χ2n) is 4.91. The van der Waals surface area contributed by atoms with Crippen LogP contribution in [-0.4, -0.2) is 11.1 Å². The molecule has 2 heteroatoms. The van der Waals surface area contributed by atoms with Gasteiger partial charge in [-0.05, 0) is 36.1 Å². The van der Waals surface area contributed by atoms with Crippen LogP contribution in [-0.2, 0) is 0 Å². The topological polar surface area (TPSA) is 0 Å². The summed E-state index contributed by atoms with van der Waals surface area (Å²) in [5.41, 5.74) is 0. The highest BCUT2D eigenvalue weighted by Gasteiger charge is 2.23. The zero-order chi connectivity index (χ0) is 11.9. The van der Waals surface area contributed by atoms with Crippen LogP contribution in [0.15, 0.2) is 35.2 Å². The Morgan fingerprint density at radius 3 is 2.53 bits per heavy atom. The third-order valence-electron chi connectivity index (χ3n) is 3.77. The minimum absolute atomic E-state index is 0.897. The number of hydrogen-bond donors (Lipinski definition) is 0. The molecule has 0 aromatic heterocycles. The van der Waals surface area contributed by atoms with Crippen molar-refractivity contribution < 1.29 is 0 Å². The van der Waals surface area contributed by atoms with E-state index in [2.05, 4.69) is 46.3 Å². The third-order valence-corrected chi connectivity index (χ3v) is 5.64. The number of alkyl halides is 1. The summed E-state index contributed by atoms with van der Waals surface area (Å²) in [5, 5.41) is 1.19. The zero-order valence-electron chi connectivity index (χ0n) is 10.3. The van der Waals surface area contributed by atoms with Crippen molar-refractivity contribution in [2.45, 2.75) is 37.0 Å².